The Labute approximate surface area is 125 Å². The van der Waals surface area contributed by atoms with Crippen molar-refractivity contribution in [2.75, 3.05) is 0 Å². The molecule has 21 heavy (non-hydrogen) atoms. The quantitative estimate of drug-likeness (QED) is 0.491. The molecule has 1 atom stereocenters. The van der Waals surface area contributed by atoms with Gasteiger partial charge >= 0.3 is 11.6 Å². The number of hydrogen-bond acceptors (Lipinski definition) is 5. The van der Waals surface area contributed by atoms with Crippen LogP contribution in [0.5, 0.6) is 0 Å². The Morgan fingerprint density at radius 3 is 2.57 bits per heavy atom. The van der Waals surface area contributed by atoms with Gasteiger partial charge in [0.2, 0.25) is 0 Å². The van der Waals surface area contributed by atoms with Crippen molar-refractivity contribution in [3.63, 3.8) is 0 Å². The van der Waals surface area contributed by atoms with E-state index in [0.717, 1.165) is 0 Å². The number of aromatic nitrogens is 2. The number of aromatic amines is 2. The molecule has 0 bridgehead atoms. The van der Waals surface area contributed by atoms with Crippen molar-refractivity contribution < 1.29 is 9.34 Å². The number of hydrogen-bond donors (Lipinski definition) is 3. The first kappa shape index (κ1) is 13.6. The molecule has 1 aromatic carbocycles. The zero-order valence-corrected chi connectivity index (χ0v) is 12.0. The number of H-pyrrole nitrogens is 2. The van der Waals surface area contributed by atoms with Gasteiger partial charge in [-0.3, -0.25) is 10.1 Å². The molecule has 0 fully saturated rings. The summed E-state index contributed by atoms with van der Waals surface area (Å²) in [5.41, 5.74) is 7.62. The lowest BCUT2D eigenvalue weighted by molar-refractivity contribution is -0.402. The molecule has 0 amide bonds. The lowest BCUT2D eigenvalue weighted by Gasteiger charge is -2.11. The zero-order chi connectivity index (χ0) is 15.1. The second kappa shape index (κ2) is 4.86. The molecule has 0 saturated heterocycles. The van der Waals surface area contributed by atoms with E-state index in [1.807, 2.05) is 0 Å². The lowest BCUT2D eigenvalue weighted by atomic mass is 10.0. The van der Waals surface area contributed by atoms with E-state index >= 15 is 0 Å². The molecule has 0 radical (unpaired) electrons. The molecule has 4 N–H and O–H groups in total. The highest BCUT2D eigenvalue weighted by Crippen LogP contribution is 2.31. The molecule has 0 aliphatic rings. The van der Waals surface area contributed by atoms with E-state index < -0.39 is 11.0 Å². The van der Waals surface area contributed by atoms with Gasteiger partial charge in [0.05, 0.1) is 23.1 Å². The van der Waals surface area contributed by atoms with Crippen LogP contribution in [-0.4, -0.2) is 14.9 Å². The van der Waals surface area contributed by atoms with Gasteiger partial charge in [-0.25, -0.2) is 4.79 Å². The molecule has 2 heterocycles. The summed E-state index contributed by atoms with van der Waals surface area (Å²) in [5.74, 6) is -0.104. The number of nitrogens with zero attached hydrogens (tertiary/aromatic N) is 1. The summed E-state index contributed by atoms with van der Waals surface area (Å²) in [5, 5.41) is 10.6. The molecule has 0 saturated carbocycles. The third-order valence-corrected chi connectivity index (χ3v) is 3.75. The maximum atomic E-state index is 11.3. The van der Waals surface area contributed by atoms with E-state index in [1.165, 1.54) is 12.1 Å². The molecule has 9 heteroatoms. The maximum absolute atomic E-state index is 11.3. The molecule has 3 aromatic rings. The van der Waals surface area contributed by atoms with Gasteiger partial charge in [0.1, 0.15) is 10.7 Å². The number of imidazole rings is 1. The summed E-state index contributed by atoms with van der Waals surface area (Å²) >= 11 is 3.37. The lowest BCUT2D eigenvalue weighted by Crippen LogP contribution is -2.11. The second-order valence-corrected chi connectivity index (χ2v) is 5.26. The van der Waals surface area contributed by atoms with Gasteiger partial charge in [-0.1, -0.05) is 15.9 Å². The van der Waals surface area contributed by atoms with Crippen molar-refractivity contribution >= 4 is 32.8 Å². The minimum atomic E-state index is -0.698. The first-order chi connectivity index (χ1) is 9.95. The summed E-state index contributed by atoms with van der Waals surface area (Å²) in [6.07, 6.45) is 0. The van der Waals surface area contributed by atoms with Crippen molar-refractivity contribution in [3.05, 3.63) is 60.7 Å². The van der Waals surface area contributed by atoms with Crippen molar-refractivity contribution in [2.45, 2.75) is 6.04 Å². The third kappa shape index (κ3) is 2.36. The number of rotatable bonds is 3. The topological polar surface area (TPSA) is 131 Å². The normalized spacial score (nSPS) is 12.7. The zero-order valence-electron chi connectivity index (χ0n) is 10.4. The predicted molar refractivity (Wildman–Crippen MR) is 78.0 cm³/mol. The van der Waals surface area contributed by atoms with Gasteiger partial charge in [0, 0.05) is 4.47 Å². The molecule has 1 unspecified atom stereocenters. The minimum Gasteiger partial charge on any atom is -0.404 e. The molecule has 0 aliphatic heterocycles. The van der Waals surface area contributed by atoms with Crippen molar-refractivity contribution in [2.24, 2.45) is 5.73 Å². The summed E-state index contributed by atoms with van der Waals surface area (Å²) in [7, 11) is 0. The summed E-state index contributed by atoms with van der Waals surface area (Å²) < 4.78 is 5.77. The van der Waals surface area contributed by atoms with Crippen LogP contribution in [0.25, 0.3) is 11.0 Å². The number of halogens is 1. The first-order valence-corrected chi connectivity index (χ1v) is 6.66. The van der Waals surface area contributed by atoms with E-state index in [9.17, 15) is 14.9 Å². The van der Waals surface area contributed by atoms with E-state index in [2.05, 4.69) is 25.9 Å². The number of fused-ring (bicyclic) bond motifs is 1. The van der Waals surface area contributed by atoms with E-state index in [4.69, 9.17) is 10.2 Å². The maximum Gasteiger partial charge on any atom is 0.433 e. The average Bonchev–Trinajstić information content (AvgIpc) is 3.02. The highest BCUT2D eigenvalue weighted by Gasteiger charge is 2.20. The Morgan fingerprint density at radius 1 is 1.29 bits per heavy atom. The van der Waals surface area contributed by atoms with Gasteiger partial charge in [-0.2, -0.15) is 0 Å². The Kier molecular flexibility index (Phi) is 3.15. The van der Waals surface area contributed by atoms with Crippen LogP contribution in [0.15, 0.2) is 37.9 Å². The molecule has 3 rings (SSSR count). The number of nitro groups is 1. The Balaban J connectivity index is 2.07. The van der Waals surface area contributed by atoms with Crippen LogP contribution in [0.4, 0.5) is 5.88 Å². The van der Waals surface area contributed by atoms with Gasteiger partial charge in [-0.05, 0) is 23.8 Å². The van der Waals surface area contributed by atoms with Crippen molar-refractivity contribution in [3.8, 4) is 0 Å². The molecule has 2 aromatic heterocycles. The first-order valence-electron chi connectivity index (χ1n) is 5.87. The number of nitrogens with two attached hydrogens (primary N) is 1. The summed E-state index contributed by atoms with van der Waals surface area (Å²) in [4.78, 5) is 26.5. The van der Waals surface area contributed by atoms with Gasteiger partial charge in [0.15, 0.2) is 0 Å². The summed E-state index contributed by atoms with van der Waals surface area (Å²) in [6, 6.07) is 5.41. The number of furan rings is 1. The van der Waals surface area contributed by atoms with E-state index in [1.54, 1.807) is 12.1 Å². The SMILES string of the molecule is NC(c1ccc([N+](=O)[O-])o1)c1cc2[nH]c(=O)[nH]c2cc1Br. The largest absolute Gasteiger partial charge is 0.433 e. The minimum absolute atomic E-state index is 0.264. The Bertz CT molecular complexity index is 894. The monoisotopic (exact) mass is 352 g/mol. The highest BCUT2D eigenvalue weighted by atomic mass is 79.9. The molecule has 0 aliphatic carbocycles. The molecular weight excluding hydrogens is 344 g/mol. The smallest absolute Gasteiger partial charge is 0.404 e. The molecular formula is C12H9BrN4O4. The van der Waals surface area contributed by atoms with Crippen LogP contribution in [0.2, 0.25) is 0 Å². The molecule has 108 valence electrons. The second-order valence-electron chi connectivity index (χ2n) is 4.41. The van der Waals surface area contributed by atoms with Crippen LogP contribution in [-0.2, 0) is 0 Å². The highest BCUT2D eigenvalue weighted by molar-refractivity contribution is 9.10. The number of nitrogens with one attached hydrogen (secondary N) is 2. The van der Waals surface area contributed by atoms with Crippen LogP contribution in [0.3, 0.4) is 0 Å². The van der Waals surface area contributed by atoms with Crippen LogP contribution >= 0.6 is 15.9 Å². The van der Waals surface area contributed by atoms with Crippen molar-refractivity contribution in [1.82, 2.24) is 9.97 Å². The summed E-state index contributed by atoms with van der Waals surface area (Å²) in [6.45, 7) is 0. The van der Waals surface area contributed by atoms with Crippen molar-refractivity contribution in [1.29, 1.82) is 0 Å². The Hall–Kier alpha value is -2.39. The van der Waals surface area contributed by atoms with Crippen LogP contribution in [0, 0.1) is 10.1 Å². The predicted octanol–water partition coefficient (Wildman–Crippen LogP) is 2.17. The van der Waals surface area contributed by atoms with E-state index in [-0.39, 0.29) is 17.3 Å². The van der Waals surface area contributed by atoms with E-state index in [0.29, 0.717) is 21.1 Å². The fourth-order valence-electron chi connectivity index (χ4n) is 2.07. The third-order valence-electron chi connectivity index (χ3n) is 3.07. The van der Waals surface area contributed by atoms with Crippen LogP contribution in [0.1, 0.15) is 17.4 Å². The van der Waals surface area contributed by atoms with Gasteiger partial charge in [0.25, 0.3) is 0 Å². The average molecular weight is 353 g/mol. The van der Waals surface area contributed by atoms with Gasteiger partial charge < -0.3 is 20.1 Å². The fourth-order valence-corrected chi connectivity index (χ4v) is 2.66. The standard InChI is InChI=1S/C12H9BrN4O4/c13-6-4-8-7(15-12(18)16-8)3-5(6)11(14)9-1-2-10(21-9)17(19)20/h1-4,11H,14H2,(H2,15,16,18). The fraction of sp³-hybridized carbons (Fsp3) is 0.0833. The number of benzene rings is 1. The molecule has 0 spiro atoms. The van der Waals surface area contributed by atoms with Gasteiger partial charge in [-0.15, -0.1) is 0 Å². The van der Waals surface area contributed by atoms with Crippen LogP contribution < -0.4 is 11.4 Å². The molecule has 8 nitrogen and oxygen atoms in total. The Morgan fingerprint density at radius 2 is 1.95 bits per heavy atom.